The lowest BCUT2D eigenvalue weighted by atomic mass is 10.0. The van der Waals surface area contributed by atoms with Crippen LogP contribution in [0.1, 0.15) is 31.9 Å². The van der Waals surface area contributed by atoms with Crippen LogP contribution in [-0.4, -0.2) is 43.3 Å². The number of hydrogen-bond acceptors (Lipinski definition) is 4. The first-order chi connectivity index (χ1) is 9.53. The molecule has 0 saturated heterocycles. The Bertz CT molecular complexity index is 447. The number of rotatable bonds is 8. The van der Waals surface area contributed by atoms with Gasteiger partial charge in [0.05, 0.1) is 20.8 Å². The van der Waals surface area contributed by atoms with Gasteiger partial charge in [0.15, 0.2) is 0 Å². The fraction of sp³-hybridized carbons (Fsp3) is 0.533. The van der Waals surface area contributed by atoms with Gasteiger partial charge < -0.3 is 14.6 Å². The van der Waals surface area contributed by atoms with Crippen LogP contribution in [-0.2, 0) is 4.79 Å². The van der Waals surface area contributed by atoms with E-state index in [1.54, 1.807) is 14.2 Å². The summed E-state index contributed by atoms with van der Waals surface area (Å²) < 4.78 is 10.6. The van der Waals surface area contributed by atoms with Gasteiger partial charge in [-0.2, -0.15) is 0 Å². The Morgan fingerprint density at radius 1 is 1.35 bits per heavy atom. The molecule has 0 aliphatic heterocycles. The number of carboxylic acids is 1. The van der Waals surface area contributed by atoms with Crippen molar-refractivity contribution < 1.29 is 19.4 Å². The van der Waals surface area contributed by atoms with E-state index in [4.69, 9.17) is 14.6 Å². The molecule has 112 valence electrons. The lowest BCUT2D eigenvalue weighted by Crippen LogP contribution is -2.33. The molecule has 0 aliphatic rings. The van der Waals surface area contributed by atoms with Gasteiger partial charge in [0.25, 0.3) is 0 Å². The van der Waals surface area contributed by atoms with Crippen molar-refractivity contribution in [2.75, 3.05) is 27.3 Å². The van der Waals surface area contributed by atoms with Gasteiger partial charge in [-0.15, -0.1) is 0 Å². The summed E-state index contributed by atoms with van der Waals surface area (Å²) in [6, 6.07) is 5.56. The zero-order valence-corrected chi connectivity index (χ0v) is 12.5. The van der Waals surface area contributed by atoms with Crippen LogP contribution in [0.15, 0.2) is 18.2 Å². The van der Waals surface area contributed by atoms with E-state index in [-0.39, 0.29) is 12.6 Å². The first-order valence-electron chi connectivity index (χ1n) is 6.71. The summed E-state index contributed by atoms with van der Waals surface area (Å²) in [5.74, 6) is 0.610. The quantitative estimate of drug-likeness (QED) is 0.793. The van der Waals surface area contributed by atoms with E-state index < -0.39 is 5.97 Å². The van der Waals surface area contributed by atoms with E-state index in [0.717, 1.165) is 24.3 Å². The Balaban J connectivity index is 3.03. The minimum absolute atomic E-state index is 0.0180. The number of ether oxygens (including phenoxy) is 2. The molecule has 0 fully saturated rings. The van der Waals surface area contributed by atoms with Gasteiger partial charge in [0.1, 0.15) is 11.5 Å². The standard InChI is InChI=1S/C15H23NO4/c1-5-8-16(10-15(17)18)11(2)13-7-6-12(19-3)9-14(13)20-4/h6-7,9,11H,5,8,10H2,1-4H3,(H,17,18). The minimum Gasteiger partial charge on any atom is -0.497 e. The Kier molecular flexibility index (Phi) is 6.31. The van der Waals surface area contributed by atoms with E-state index >= 15 is 0 Å². The van der Waals surface area contributed by atoms with Crippen molar-refractivity contribution in [2.24, 2.45) is 0 Å². The molecule has 1 N–H and O–H groups in total. The maximum absolute atomic E-state index is 11.0. The molecule has 5 heteroatoms. The third-order valence-corrected chi connectivity index (χ3v) is 3.29. The second-order valence-corrected chi connectivity index (χ2v) is 4.65. The van der Waals surface area contributed by atoms with Crippen LogP contribution < -0.4 is 9.47 Å². The predicted octanol–water partition coefficient (Wildman–Crippen LogP) is 2.56. The van der Waals surface area contributed by atoms with E-state index in [1.165, 1.54) is 0 Å². The maximum atomic E-state index is 11.0. The zero-order chi connectivity index (χ0) is 15.1. The van der Waals surface area contributed by atoms with Gasteiger partial charge in [0.2, 0.25) is 0 Å². The van der Waals surface area contributed by atoms with Gasteiger partial charge in [-0.3, -0.25) is 9.69 Å². The van der Waals surface area contributed by atoms with Crippen molar-refractivity contribution in [2.45, 2.75) is 26.3 Å². The number of methoxy groups -OCH3 is 2. The van der Waals surface area contributed by atoms with Gasteiger partial charge in [0, 0.05) is 17.7 Å². The summed E-state index contributed by atoms with van der Waals surface area (Å²) in [6.45, 7) is 4.77. The molecule has 0 bridgehead atoms. The van der Waals surface area contributed by atoms with Crippen molar-refractivity contribution >= 4 is 5.97 Å². The summed E-state index contributed by atoms with van der Waals surface area (Å²) in [6.07, 6.45) is 0.899. The Labute approximate surface area is 120 Å². The molecule has 1 atom stereocenters. The second kappa shape index (κ2) is 7.75. The van der Waals surface area contributed by atoms with Crippen molar-refractivity contribution in [3.8, 4) is 11.5 Å². The van der Waals surface area contributed by atoms with Crippen LogP contribution in [0.2, 0.25) is 0 Å². The minimum atomic E-state index is -0.822. The van der Waals surface area contributed by atoms with E-state index in [9.17, 15) is 4.79 Å². The molecule has 0 radical (unpaired) electrons. The summed E-state index contributed by atoms with van der Waals surface area (Å²) in [4.78, 5) is 12.9. The van der Waals surface area contributed by atoms with Gasteiger partial charge in [-0.25, -0.2) is 0 Å². The molecule has 1 rings (SSSR count). The molecule has 1 aromatic carbocycles. The highest BCUT2D eigenvalue weighted by molar-refractivity contribution is 5.69. The van der Waals surface area contributed by atoms with Crippen molar-refractivity contribution in [1.82, 2.24) is 4.90 Å². The molecular weight excluding hydrogens is 258 g/mol. The van der Waals surface area contributed by atoms with Crippen molar-refractivity contribution in [1.29, 1.82) is 0 Å². The molecular formula is C15H23NO4. The first-order valence-corrected chi connectivity index (χ1v) is 6.71. The Hall–Kier alpha value is -1.75. The number of nitrogens with zero attached hydrogens (tertiary/aromatic N) is 1. The average molecular weight is 281 g/mol. The number of hydrogen-bond donors (Lipinski definition) is 1. The van der Waals surface area contributed by atoms with E-state index in [1.807, 2.05) is 36.9 Å². The van der Waals surface area contributed by atoms with Crippen LogP contribution in [0.4, 0.5) is 0 Å². The van der Waals surface area contributed by atoms with E-state index in [2.05, 4.69) is 0 Å². The van der Waals surface area contributed by atoms with Crippen LogP contribution in [0, 0.1) is 0 Å². The Morgan fingerprint density at radius 3 is 2.55 bits per heavy atom. The molecule has 0 heterocycles. The average Bonchev–Trinajstić information content (AvgIpc) is 2.44. The maximum Gasteiger partial charge on any atom is 0.317 e. The largest absolute Gasteiger partial charge is 0.497 e. The highest BCUT2D eigenvalue weighted by Gasteiger charge is 2.21. The molecule has 1 aromatic rings. The predicted molar refractivity (Wildman–Crippen MR) is 77.5 cm³/mol. The number of benzene rings is 1. The highest BCUT2D eigenvalue weighted by Crippen LogP contribution is 2.32. The lowest BCUT2D eigenvalue weighted by molar-refractivity contribution is -0.138. The first kappa shape index (κ1) is 16.3. The molecule has 20 heavy (non-hydrogen) atoms. The third kappa shape index (κ3) is 4.13. The fourth-order valence-electron chi connectivity index (χ4n) is 2.23. The molecule has 0 aromatic heterocycles. The highest BCUT2D eigenvalue weighted by atomic mass is 16.5. The SMILES string of the molecule is CCCN(CC(=O)O)C(C)c1ccc(OC)cc1OC. The molecule has 0 spiro atoms. The Morgan fingerprint density at radius 2 is 2.05 bits per heavy atom. The fourth-order valence-corrected chi connectivity index (χ4v) is 2.23. The summed E-state index contributed by atoms with van der Waals surface area (Å²) in [7, 11) is 3.21. The van der Waals surface area contributed by atoms with Crippen LogP contribution >= 0.6 is 0 Å². The smallest absolute Gasteiger partial charge is 0.317 e. The second-order valence-electron chi connectivity index (χ2n) is 4.65. The van der Waals surface area contributed by atoms with Crippen molar-refractivity contribution in [3.63, 3.8) is 0 Å². The number of carbonyl (C=O) groups is 1. The summed E-state index contributed by atoms with van der Waals surface area (Å²) in [5.41, 5.74) is 0.961. The van der Waals surface area contributed by atoms with Gasteiger partial charge >= 0.3 is 5.97 Å². The molecule has 5 nitrogen and oxygen atoms in total. The monoisotopic (exact) mass is 281 g/mol. The molecule has 1 unspecified atom stereocenters. The van der Waals surface area contributed by atoms with Gasteiger partial charge in [-0.1, -0.05) is 13.0 Å². The van der Waals surface area contributed by atoms with E-state index in [0.29, 0.717) is 5.75 Å². The third-order valence-electron chi connectivity index (χ3n) is 3.29. The van der Waals surface area contributed by atoms with Crippen LogP contribution in [0.25, 0.3) is 0 Å². The van der Waals surface area contributed by atoms with Crippen LogP contribution in [0.5, 0.6) is 11.5 Å². The van der Waals surface area contributed by atoms with Crippen LogP contribution in [0.3, 0.4) is 0 Å². The topological polar surface area (TPSA) is 59.0 Å². The molecule has 0 amide bonds. The lowest BCUT2D eigenvalue weighted by Gasteiger charge is -2.28. The molecule has 0 aliphatic carbocycles. The number of aliphatic carboxylic acids is 1. The number of carboxylic acid groups (broad SMARTS) is 1. The van der Waals surface area contributed by atoms with Crippen molar-refractivity contribution in [3.05, 3.63) is 23.8 Å². The molecule has 0 saturated carbocycles. The zero-order valence-electron chi connectivity index (χ0n) is 12.5. The van der Waals surface area contributed by atoms with Gasteiger partial charge in [-0.05, 0) is 26.0 Å². The summed E-state index contributed by atoms with van der Waals surface area (Å²) in [5, 5.41) is 9.02. The summed E-state index contributed by atoms with van der Waals surface area (Å²) >= 11 is 0. The normalized spacial score (nSPS) is 12.2.